The highest BCUT2D eigenvalue weighted by atomic mass is 32.1. The Labute approximate surface area is 78.2 Å². The maximum Gasteiger partial charge on any atom is 0.193 e. The summed E-state index contributed by atoms with van der Waals surface area (Å²) in [7, 11) is 0. The van der Waals surface area contributed by atoms with Gasteiger partial charge in [0.1, 0.15) is 0 Å². The summed E-state index contributed by atoms with van der Waals surface area (Å²) in [6, 6.07) is 7.94. The first-order valence-electron chi connectivity index (χ1n) is 3.90. The van der Waals surface area contributed by atoms with Crippen molar-refractivity contribution in [3.63, 3.8) is 0 Å². The Morgan fingerprint density at radius 1 is 1.33 bits per heavy atom. The largest absolute Gasteiger partial charge is 0.287 e. The molecule has 64 valence electrons. The van der Waals surface area contributed by atoms with Crippen molar-refractivity contribution in [2.24, 2.45) is 0 Å². The van der Waals surface area contributed by atoms with Gasteiger partial charge >= 0.3 is 0 Å². The van der Waals surface area contributed by atoms with Crippen molar-refractivity contribution >= 4 is 17.7 Å². The van der Waals surface area contributed by atoms with Crippen LogP contribution < -0.4 is 0 Å². The van der Waals surface area contributed by atoms with Crippen LogP contribution in [0.1, 0.15) is 24.0 Å². The fraction of sp³-hybridized carbons (Fsp3) is 0.300. The molecule has 0 bridgehead atoms. The van der Waals surface area contributed by atoms with Crippen LogP contribution in [0.3, 0.4) is 0 Å². The summed E-state index contributed by atoms with van der Waals surface area (Å²) in [6.45, 7) is 3.89. The fourth-order valence-corrected chi connectivity index (χ4v) is 1.15. The third kappa shape index (κ3) is 2.11. The molecule has 0 heterocycles. The Hall–Kier alpha value is -0.760. The smallest absolute Gasteiger partial charge is 0.193 e. The van der Waals surface area contributed by atoms with E-state index in [0.717, 1.165) is 5.56 Å². The van der Waals surface area contributed by atoms with Crippen LogP contribution in [-0.2, 0) is 4.79 Å². The lowest BCUT2D eigenvalue weighted by Gasteiger charge is -2.06. The van der Waals surface area contributed by atoms with Gasteiger partial charge in [0.05, 0.1) is 5.92 Å². The van der Waals surface area contributed by atoms with Crippen LogP contribution >= 0.6 is 12.6 Å². The molecule has 1 nitrogen and oxygen atoms in total. The van der Waals surface area contributed by atoms with E-state index in [1.54, 1.807) is 0 Å². The summed E-state index contributed by atoms with van der Waals surface area (Å²) in [5, 5.41) is -0.0844. The minimum absolute atomic E-state index is 0.0844. The van der Waals surface area contributed by atoms with E-state index in [9.17, 15) is 4.79 Å². The molecule has 0 aliphatic rings. The van der Waals surface area contributed by atoms with E-state index in [4.69, 9.17) is 0 Å². The molecule has 1 unspecified atom stereocenters. The first-order chi connectivity index (χ1) is 5.61. The zero-order valence-corrected chi connectivity index (χ0v) is 8.14. The average molecular weight is 180 g/mol. The van der Waals surface area contributed by atoms with Crippen LogP contribution in [0.2, 0.25) is 0 Å². The maximum atomic E-state index is 10.9. The predicted molar refractivity (Wildman–Crippen MR) is 53.6 cm³/mol. The van der Waals surface area contributed by atoms with Crippen molar-refractivity contribution in [1.82, 2.24) is 0 Å². The summed E-state index contributed by atoms with van der Waals surface area (Å²) in [6.07, 6.45) is 0. The first kappa shape index (κ1) is 9.33. The van der Waals surface area contributed by atoms with Gasteiger partial charge in [-0.2, -0.15) is 0 Å². The fourth-order valence-electron chi connectivity index (χ4n) is 0.998. The molecule has 0 aromatic heterocycles. The Morgan fingerprint density at radius 3 is 2.25 bits per heavy atom. The van der Waals surface area contributed by atoms with E-state index in [1.165, 1.54) is 5.56 Å². The Balaban J connectivity index is 2.89. The lowest BCUT2D eigenvalue weighted by molar-refractivity contribution is -0.111. The molecule has 0 fully saturated rings. The van der Waals surface area contributed by atoms with Gasteiger partial charge in [0.2, 0.25) is 0 Å². The van der Waals surface area contributed by atoms with Crippen molar-refractivity contribution < 1.29 is 4.79 Å². The van der Waals surface area contributed by atoms with E-state index >= 15 is 0 Å². The molecule has 12 heavy (non-hydrogen) atoms. The number of carbonyl (C=O) groups excluding carboxylic acids is 1. The van der Waals surface area contributed by atoms with E-state index in [-0.39, 0.29) is 11.0 Å². The molecule has 0 spiro atoms. The quantitative estimate of drug-likeness (QED) is 0.692. The van der Waals surface area contributed by atoms with Crippen LogP contribution in [0.25, 0.3) is 0 Å². The minimum Gasteiger partial charge on any atom is -0.287 e. The van der Waals surface area contributed by atoms with Gasteiger partial charge in [0, 0.05) is 0 Å². The van der Waals surface area contributed by atoms with Gasteiger partial charge in [-0.05, 0) is 12.5 Å². The Bertz CT molecular complexity index is 276. The van der Waals surface area contributed by atoms with Crippen LogP contribution in [-0.4, -0.2) is 5.12 Å². The van der Waals surface area contributed by atoms with Gasteiger partial charge in [-0.1, -0.05) is 36.8 Å². The SMILES string of the molecule is Cc1ccc(C(C)C(=O)S)cc1. The number of hydrogen-bond acceptors (Lipinski definition) is 1. The highest BCUT2D eigenvalue weighted by Crippen LogP contribution is 2.17. The van der Waals surface area contributed by atoms with Gasteiger partial charge in [0.15, 0.2) is 5.12 Å². The van der Waals surface area contributed by atoms with Gasteiger partial charge in [-0.25, -0.2) is 0 Å². The molecule has 1 rings (SSSR count). The van der Waals surface area contributed by atoms with Crippen molar-refractivity contribution in [2.45, 2.75) is 19.8 Å². The molecular weight excluding hydrogens is 168 g/mol. The highest BCUT2D eigenvalue weighted by Gasteiger charge is 2.09. The molecule has 1 aromatic carbocycles. The third-order valence-electron chi connectivity index (χ3n) is 1.95. The van der Waals surface area contributed by atoms with E-state index in [1.807, 2.05) is 38.1 Å². The second kappa shape index (κ2) is 3.76. The van der Waals surface area contributed by atoms with Crippen molar-refractivity contribution in [3.8, 4) is 0 Å². The highest BCUT2D eigenvalue weighted by molar-refractivity contribution is 7.96. The van der Waals surface area contributed by atoms with Crippen LogP contribution in [0, 0.1) is 6.92 Å². The molecule has 1 aromatic rings. The summed E-state index contributed by atoms with van der Waals surface area (Å²) in [5.74, 6) is -0.103. The molecule has 1 atom stereocenters. The molecule has 0 aliphatic heterocycles. The maximum absolute atomic E-state index is 10.9. The average Bonchev–Trinajstić information content (AvgIpc) is 2.04. The normalized spacial score (nSPS) is 12.6. The lowest BCUT2D eigenvalue weighted by atomic mass is 10.0. The van der Waals surface area contributed by atoms with Crippen LogP contribution in [0.4, 0.5) is 0 Å². The lowest BCUT2D eigenvalue weighted by Crippen LogP contribution is -2.01. The number of hydrogen-bond donors (Lipinski definition) is 1. The Kier molecular flexibility index (Phi) is 2.93. The molecule has 0 saturated heterocycles. The summed E-state index contributed by atoms with van der Waals surface area (Å²) in [4.78, 5) is 10.9. The van der Waals surface area contributed by atoms with E-state index in [2.05, 4.69) is 12.6 Å². The van der Waals surface area contributed by atoms with Crippen LogP contribution in [0.5, 0.6) is 0 Å². The standard InChI is InChI=1S/C10H12OS/c1-7-3-5-9(6-4-7)8(2)10(11)12/h3-6,8H,1-2H3,(H,11,12). The number of rotatable bonds is 2. The molecular formula is C10H12OS. The molecule has 0 saturated carbocycles. The topological polar surface area (TPSA) is 17.1 Å². The summed E-state index contributed by atoms with van der Waals surface area (Å²) < 4.78 is 0. The number of carbonyl (C=O) groups is 1. The second-order valence-electron chi connectivity index (χ2n) is 2.97. The summed E-state index contributed by atoms with van der Waals surface area (Å²) >= 11 is 3.79. The molecule has 2 heteroatoms. The zero-order valence-electron chi connectivity index (χ0n) is 7.24. The molecule has 0 radical (unpaired) electrons. The monoisotopic (exact) mass is 180 g/mol. The molecule has 0 aliphatic carbocycles. The summed E-state index contributed by atoms with van der Waals surface area (Å²) in [5.41, 5.74) is 2.23. The number of aryl methyl sites for hydroxylation is 1. The van der Waals surface area contributed by atoms with Crippen LogP contribution in [0.15, 0.2) is 24.3 Å². The minimum atomic E-state index is -0.103. The predicted octanol–water partition coefficient (Wildman–Crippen LogP) is 2.55. The van der Waals surface area contributed by atoms with E-state index in [0.29, 0.717) is 0 Å². The Morgan fingerprint density at radius 2 is 1.83 bits per heavy atom. The van der Waals surface area contributed by atoms with Crippen molar-refractivity contribution in [1.29, 1.82) is 0 Å². The van der Waals surface area contributed by atoms with Gasteiger partial charge in [-0.15, -0.1) is 12.6 Å². The first-order valence-corrected chi connectivity index (χ1v) is 4.35. The van der Waals surface area contributed by atoms with Crippen molar-refractivity contribution in [3.05, 3.63) is 35.4 Å². The zero-order chi connectivity index (χ0) is 9.14. The number of thiol groups is 1. The third-order valence-corrected chi connectivity index (χ3v) is 2.34. The van der Waals surface area contributed by atoms with Crippen molar-refractivity contribution in [2.75, 3.05) is 0 Å². The number of benzene rings is 1. The van der Waals surface area contributed by atoms with Gasteiger partial charge in [-0.3, -0.25) is 4.79 Å². The molecule has 0 amide bonds. The van der Waals surface area contributed by atoms with Gasteiger partial charge < -0.3 is 0 Å². The van der Waals surface area contributed by atoms with Gasteiger partial charge in [0.25, 0.3) is 0 Å². The molecule has 0 N–H and O–H groups in total. The van der Waals surface area contributed by atoms with E-state index < -0.39 is 0 Å². The second-order valence-corrected chi connectivity index (χ2v) is 3.41.